The van der Waals surface area contributed by atoms with Crippen LogP contribution in [0.1, 0.15) is 34.6 Å². The van der Waals surface area contributed by atoms with Crippen molar-refractivity contribution in [3.63, 3.8) is 0 Å². The van der Waals surface area contributed by atoms with Crippen LogP contribution in [0.25, 0.3) is 0 Å². The van der Waals surface area contributed by atoms with Crippen molar-refractivity contribution in [1.29, 1.82) is 0 Å². The zero-order chi connectivity index (χ0) is 19.9. The van der Waals surface area contributed by atoms with Crippen LogP contribution in [0.4, 0.5) is 0 Å². The number of thioether (sulfide) groups is 1. The molecule has 0 radical (unpaired) electrons. The number of carbonyl (C=O) groups excluding carboxylic acids is 4. The van der Waals surface area contributed by atoms with Gasteiger partial charge in [0.2, 0.25) is 0 Å². The Morgan fingerprint density at radius 3 is 1.77 bits per heavy atom. The summed E-state index contributed by atoms with van der Waals surface area (Å²) < 4.78 is 26.7. The maximum Gasteiger partial charge on any atom is 0.303 e. The van der Waals surface area contributed by atoms with Crippen molar-refractivity contribution in [3.05, 3.63) is 0 Å². The molecule has 0 aromatic carbocycles. The van der Waals surface area contributed by atoms with Gasteiger partial charge in [0.15, 0.2) is 18.3 Å². The van der Waals surface area contributed by atoms with Crippen LogP contribution in [0.3, 0.4) is 0 Å². The van der Waals surface area contributed by atoms with Gasteiger partial charge in [-0.3, -0.25) is 19.2 Å². The summed E-state index contributed by atoms with van der Waals surface area (Å²) in [5, 5.41) is 0. The molecule has 0 saturated carbocycles. The summed E-state index contributed by atoms with van der Waals surface area (Å²) in [5.74, 6) is -1.81. The molecule has 1 heterocycles. The van der Waals surface area contributed by atoms with Crippen molar-refractivity contribution in [1.82, 2.24) is 0 Å². The van der Waals surface area contributed by atoms with E-state index < -0.39 is 53.7 Å². The van der Waals surface area contributed by atoms with Crippen molar-refractivity contribution in [2.45, 2.75) is 64.5 Å². The molecule has 0 spiro atoms. The molecule has 148 valence electrons. The number of rotatable bonds is 7. The smallest absolute Gasteiger partial charge is 0.303 e. The molecule has 0 N–H and O–H groups in total. The van der Waals surface area contributed by atoms with Crippen LogP contribution < -0.4 is 0 Å². The highest BCUT2D eigenvalue weighted by atomic mass is 32.2. The quantitative estimate of drug-likeness (QED) is 0.455. The van der Waals surface area contributed by atoms with E-state index in [0.717, 1.165) is 0 Å². The molecule has 1 rings (SSSR count). The number of ether oxygens (including phenoxy) is 5. The fourth-order valence-electron chi connectivity index (χ4n) is 2.49. The van der Waals surface area contributed by atoms with Crippen LogP contribution >= 0.6 is 11.8 Å². The van der Waals surface area contributed by atoms with Gasteiger partial charge >= 0.3 is 23.9 Å². The van der Waals surface area contributed by atoms with Crippen LogP contribution in [-0.4, -0.2) is 66.1 Å². The average molecular weight is 392 g/mol. The number of hydrogen-bond acceptors (Lipinski definition) is 10. The molecular formula is C16H24O9S. The summed E-state index contributed by atoms with van der Waals surface area (Å²) in [6.45, 7) is 6.48. The Bertz CT molecular complexity index is 536. The SMILES string of the molecule is CCS[C@@H]1OC(COC(C)=O)[C@@H](OC(C)=O)C(OC(C)=O)C1OC(C)=O. The third kappa shape index (κ3) is 6.83. The highest BCUT2D eigenvalue weighted by molar-refractivity contribution is 7.99. The third-order valence-corrected chi connectivity index (χ3v) is 4.32. The first kappa shape index (κ1) is 22.2. The Labute approximate surface area is 156 Å². The minimum absolute atomic E-state index is 0.210. The zero-order valence-electron chi connectivity index (χ0n) is 15.4. The molecule has 0 amide bonds. The lowest BCUT2D eigenvalue weighted by Crippen LogP contribution is -2.61. The van der Waals surface area contributed by atoms with Crippen molar-refractivity contribution in [3.8, 4) is 0 Å². The second-order valence-electron chi connectivity index (χ2n) is 5.52. The molecule has 1 aliphatic heterocycles. The number of carbonyl (C=O) groups is 4. The second-order valence-corrected chi connectivity index (χ2v) is 6.90. The highest BCUT2D eigenvalue weighted by Crippen LogP contribution is 2.34. The van der Waals surface area contributed by atoms with E-state index in [1.165, 1.54) is 39.5 Å². The maximum absolute atomic E-state index is 11.6. The Morgan fingerprint density at radius 1 is 0.808 bits per heavy atom. The van der Waals surface area contributed by atoms with Gasteiger partial charge < -0.3 is 23.7 Å². The van der Waals surface area contributed by atoms with E-state index >= 15 is 0 Å². The Kier molecular flexibility index (Phi) is 8.86. The Hall–Kier alpha value is -1.81. The van der Waals surface area contributed by atoms with Gasteiger partial charge in [0.25, 0.3) is 0 Å². The van der Waals surface area contributed by atoms with E-state index in [0.29, 0.717) is 5.75 Å². The molecular weight excluding hydrogens is 368 g/mol. The summed E-state index contributed by atoms with van der Waals surface area (Å²) in [6.07, 6.45) is -4.07. The largest absolute Gasteiger partial charge is 0.463 e. The van der Waals surface area contributed by atoms with Gasteiger partial charge in [0.05, 0.1) is 0 Å². The van der Waals surface area contributed by atoms with Gasteiger partial charge in [-0.1, -0.05) is 6.92 Å². The van der Waals surface area contributed by atoms with Gasteiger partial charge in [0.1, 0.15) is 18.1 Å². The summed E-state index contributed by atoms with van der Waals surface area (Å²) in [6, 6.07) is 0. The molecule has 3 unspecified atom stereocenters. The third-order valence-electron chi connectivity index (χ3n) is 3.28. The Morgan fingerprint density at radius 2 is 1.31 bits per heavy atom. The monoisotopic (exact) mass is 392 g/mol. The molecule has 0 aliphatic carbocycles. The normalized spacial score (nSPS) is 28.0. The highest BCUT2D eigenvalue weighted by Gasteiger charge is 2.52. The fraction of sp³-hybridized carbons (Fsp3) is 0.750. The minimum Gasteiger partial charge on any atom is -0.463 e. The van der Waals surface area contributed by atoms with Crippen LogP contribution in [0, 0.1) is 0 Å². The molecule has 5 atom stereocenters. The zero-order valence-corrected chi connectivity index (χ0v) is 16.2. The number of hydrogen-bond donors (Lipinski definition) is 0. The van der Waals surface area contributed by atoms with Crippen LogP contribution in [0.5, 0.6) is 0 Å². The molecule has 26 heavy (non-hydrogen) atoms. The van der Waals surface area contributed by atoms with Gasteiger partial charge in [0, 0.05) is 27.7 Å². The van der Waals surface area contributed by atoms with E-state index in [1.807, 2.05) is 6.92 Å². The number of esters is 4. The summed E-state index contributed by atoms with van der Waals surface area (Å²) in [4.78, 5) is 45.8. The maximum atomic E-state index is 11.6. The van der Waals surface area contributed by atoms with Crippen LogP contribution in [0.2, 0.25) is 0 Å². The van der Waals surface area contributed by atoms with Gasteiger partial charge in [-0.2, -0.15) is 0 Å². The first-order valence-corrected chi connectivity index (χ1v) is 9.12. The second kappa shape index (κ2) is 10.4. The average Bonchev–Trinajstić information content (AvgIpc) is 2.50. The summed E-state index contributed by atoms with van der Waals surface area (Å²) >= 11 is 1.32. The lowest BCUT2D eigenvalue weighted by molar-refractivity contribution is -0.237. The standard InChI is InChI=1S/C16H24O9S/c1-6-26-16-15(24-11(5)20)14(23-10(4)19)13(22-9(3)18)12(25-16)7-21-8(2)17/h12-16H,6-7H2,1-5H3/t12?,13-,14?,15?,16+/m1/s1. The van der Waals surface area contributed by atoms with Crippen LogP contribution in [0.15, 0.2) is 0 Å². The first-order chi connectivity index (χ1) is 12.1. The van der Waals surface area contributed by atoms with Crippen molar-refractivity contribution in [2.24, 2.45) is 0 Å². The minimum atomic E-state index is -1.10. The molecule has 1 saturated heterocycles. The predicted octanol–water partition coefficient (Wildman–Crippen LogP) is 0.823. The molecule has 10 heteroatoms. The molecule has 0 bridgehead atoms. The van der Waals surface area contributed by atoms with Crippen molar-refractivity contribution < 1.29 is 42.9 Å². The Balaban J connectivity index is 3.22. The van der Waals surface area contributed by atoms with E-state index in [4.69, 9.17) is 23.7 Å². The summed E-state index contributed by atoms with van der Waals surface area (Å²) in [5.41, 5.74) is -0.694. The first-order valence-electron chi connectivity index (χ1n) is 8.07. The van der Waals surface area contributed by atoms with E-state index in [9.17, 15) is 19.2 Å². The topological polar surface area (TPSA) is 114 Å². The summed E-state index contributed by atoms with van der Waals surface area (Å²) in [7, 11) is 0. The van der Waals surface area contributed by atoms with E-state index in [1.54, 1.807) is 0 Å². The lowest BCUT2D eigenvalue weighted by Gasteiger charge is -2.44. The van der Waals surface area contributed by atoms with Crippen LogP contribution in [-0.2, 0) is 42.9 Å². The molecule has 9 nitrogen and oxygen atoms in total. The molecule has 0 aromatic rings. The molecule has 0 aromatic heterocycles. The van der Waals surface area contributed by atoms with E-state index in [-0.39, 0.29) is 6.61 Å². The lowest BCUT2D eigenvalue weighted by atomic mass is 9.99. The van der Waals surface area contributed by atoms with Gasteiger partial charge in [-0.05, 0) is 5.75 Å². The van der Waals surface area contributed by atoms with Gasteiger partial charge in [-0.25, -0.2) is 0 Å². The molecule has 1 fully saturated rings. The molecule has 1 aliphatic rings. The van der Waals surface area contributed by atoms with Crippen molar-refractivity contribution in [2.75, 3.05) is 12.4 Å². The fourth-order valence-corrected chi connectivity index (χ4v) is 3.44. The van der Waals surface area contributed by atoms with Gasteiger partial charge in [-0.15, -0.1) is 11.8 Å². The predicted molar refractivity (Wildman–Crippen MR) is 90.1 cm³/mol. The van der Waals surface area contributed by atoms with Crippen molar-refractivity contribution >= 4 is 35.6 Å². The van der Waals surface area contributed by atoms with E-state index in [2.05, 4.69) is 0 Å².